The van der Waals surface area contributed by atoms with E-state index in [2.05, 4.69) is 12.2 Å². The van der Waals surface area contributed by atoms with Gasteiger partial charge in [0.15, 0.2) is 0 Å². The minimum absolute atomic E-state index is 0.0479. The molecule has 0 aliphatic carbocycles. The molecule has 0 aromatic heterocycles. The molecule has 0 saturated heterocycles. The van der Waals surface area contributed by atoms with Crippen LogP contribution in [0.2, 0.25) is 5.02 Å². The minimum Gasteiger partial charge on any atom is -0.398 e. The van der Waals surface area contributed by atoms with Crippen LogP contribution in [-0.4, -0.2) is 5.91 Å². The van der Waals surface area contributed by atoms with Crippen molar-refractivity contribution in [1.29, 1.82) is 0 Å². The van der Waals surface area contributed by atoms with Gasteiger partial charge in [-0.3, -0.25) is 4.79 Å². The van der Waals surface area contributed by atoms with Gasteiger partial charge in [0.05, 0.1) is 10.7 Å². The second-order valence-electron chi connectivity index (χ2n) is 6.57. The number of carbonyl (C=O) groups is 1. The zero-order chi connectivity index (χ0) is 17.6. The first-order valence-electron chi connectivity index (χ1n) is 9.48. The molecule has 1 aromatic rings. The van der Waals surface area contributed by atoms with Gasteiger partial charge in [-0.25, -0.2) is 0 Å². The smallest absolute Gasteiger partial charge is 0.224 e. The van der Waals surface area contributed by atoms with Gasteiger partial charge in [0, 0.05) is 12.1 Å². The Morgan fingerprint density at radius 2 is 1.50 bits per heavy atom. The maximum Gasteiger partial charge on any atom is 0.224 e. The second-order valence-corrected chi connectivity index (χ2v) is 6.98. The third-order valence-electron chi connectivity index (χ3n) is 4.29. The lowest BCUT2D eigenvalue weighted by molar-refractivity contribution is -0.116. The highest BCUT2D eigenvalue weighted by molar-refractivity contribution is 6.33. The molecule has 1 rings (SSSR count). The van der Waals surface area contributed by atoms with E-state index in [1.807, 2.05) is 0 Å². The number of hydrogen-bond donors (Lipinski definition) is 2. The lowest BCUT2D eigenvalue weighted by atomic mass is 10.1. The van der Waals surface area contributed by atoms with Crippen LogP contribution in [0.25, 0.3) is 0 Å². The molecule has 0 aliphatic rings. The summed E-state index contributed by atoms with van der Waals surface area (Å²) in [5.41, 5.74) is 6.89. The van der Waals surface area contributed by atoms with E-state index in [-0.39, 0.29) is 5.91 Å². The number of amides is 1. The standard InChI is InChI=1S/C20H33ClN2O/c1-2-3-4-5-6-7-8-9-10-11-12-13-20(24)23-17-14-15-19(22)18(21)16-17/h14-16H,2-13,22H2,1H3,(H,23,24). The number of nitrogen functional groups attached to an aromatic ring is 1. The molecule has 0 heterocycles. The lowest BCUT2D eigenvalue weighted by Gasteiger charge is -2.07. The first kappa shape index (κ1) is 20.8. The summed E-state index contributed by atoms with van der Waals surface area (Å²) in [4.78, 5) is 11.9. The fraction of sp³-hybridized carbons (Fsp3) is 0.650. The monoisotopic (exact) mass is 352 g/mol. The highest BCUT2D eigenvalue weighted by atomic mass is 35.5. The summed E-state index contributed by atoms with van der Waals surface area (Å²) >= 11 is 5.94. The molecule has 0 bridgehead atoms. The molecular weight excluding hydrogens is 320 g/mol. The van der Waals surface area contributed by atoms with Crippen molar-refractivity contribution in [3.8, 4) is 0 Å². The van der Waals surface area contributed by atoms with Gasteiger partial charge in [-0.15, -0.1) is 0 Å². The Hall–Kier alpha value is -1.22. The molecule has 0 fully saturated rings. The van der Waals surface area contributed by atoms with Crippen molar-refractivity contribution in [3.05, 3.63) is 23.2 Å². The highest BCUT2D eigenvalue weighted by Gasteiger charge is 2.04. The van der Waals surface area contributed by atoms with Crippen molar-refractivity contribution < 1.29 is 4.79 Å². The Bertz CT molecular complexity index is 477. The summed E-state index contributed by atoms with van der Waals surface area (Å²) in [7, 11) is 0. The van der Waals surface area contributed by atoms with Crippen molar-refractivity contribution in [2.24, 2.45) is 0 Å². The molecule has 0 aliphatic heterocycles. The van der Waals surface area contributed by atoms with E-state index in [0.29, 0.717) is 22.8 Å². The van der Waals surface area contributed by atoms with Gasteiger partial charge in [-0.1, -0.05) is 82.7 Å². The SMILES string of the molecule is CCCCCCCCCCCCCC(=O)Nc1ccc(N)c(Cl)c1. The normalized spacial score (nSPS) is 10.8. The molecular formula is C20H33ClN2O. The number of unbranched alkanes of at least 4 members (excludes halogenated alkanes) is 10. The van der Waals surface area contributed by atoms with E-state index >= 15 is 0 Å². The topological polar surface area (TPSA) is 55.1 Å². The van der Waals surface area contributed by atoms with Crippen molar-refractivity contribution in [2.75, 3.05) is 11.1 Å². The first-order valence-corrected chi connectivity index (χ1v) is 9.86. The molecule has 0 radical (unpaired) electrons. The molecule has 0 unspecified atom stereocenters. The average molecular weight is 353 g/mol. The zero-order valence-corrected chi connectivity index (χ0v) is 15.8. The van der Waals surface area contributed by atoms with Crippen LogP contribution in [0.15, 0.2) is 18.2 Å². The fourth-order valence-corrected chi connectivity index (χ4v) is 2.96. The Kier molecular flexibility index (Phi) is 11.4. The van der Waals surface area contributed by atoms with Gasteiger partial charge >= 0.3 is 0 Å². The second kappa shape index (κ2) is 13.1. The van der Waals surface area contributed by atoms with Crippen LogP contribution in [0.5, 0.6) is 0 Å². The number of carbonyl (C=O) groups excluding carboxylic acids is 1. The summed E-state index contributed by atoms with van der Waals surface area (Å²) in [6, 6.07) is 5.18. The third-order valence-corrected chi connectivity index (χ3v) is 4.62. The summed E-state index contributed by atoms with van der Waals surface area (Å²) < 4.78 is 0. The van der Waals surface area contributed by atoms with Crippen molar-refractivity contribution in [2.45, 2.75) is 84.0 Å². The Balaban J connectivity index is 1.97. The van der Waals surface area contributed by atoms with Crippen molar-refractivity contribution >= 4 is 28.9 Å². The van der Waals surface area contributed by atoms with Gasteiger partial charge in [-0.05, 0) is 24.6 Å². The van der Waals surface area contributed by atoms with E-state index in [9.17, 15) is 4.79 Å². The van der Waals surface area contributed by atoms with Crippen LogP contribution in [0.4, 0.5) is 11.4 Å². The van der Waals surface area contributed by atoms with Gasteiger partial charge in [0.25, 0.3) is 0 Å². The van der Waals surface area contributed by atoms with E-state index < -0.39 is 0 Å². The fourth-order valence-electron chi connectivity index (χ4n) is 2.78. The number of benzene rings is 1. The number of anilines is 2. The number of rotatable bonds is 13. The van der Waals surface area contributed by atoms with E-state index in [4.69, 9.17) is 17.3 Å². The Morgan fingerprint density at radius 1 is 0.958 bits per heavy atom. The maximum absolute atomic E-state index is 11.9. The molecule has 0 saturated carbocycles. The van der Waals surface area contributed by atoms with Gasteiger partial charge in [0.1, 0.15) is 0 Å². The Labute approximate surface area is 152 Å². The summed E-state index contributed by atoms with van der Waals surface area (Å²) in [5, 5.41) is 3.34. The predicted molar refractivity (Wildman–Crippen MR) is 106 cm³/mol. The van der Waals surface area contributed by atoms with E-state index in [1.54, 1.807) is 18.2 Å². The molecule has 136 valence electrons. The largest absolute Gasteiger partial charge is 0.398 e. The summed E-state index contributed by atoms with van der Waals surface area (Å²) in [6.45, 7) is 2.26. The molecule has 0 spiro atoms. The lowest BCUT2D eigenvalue weighted by Crippen LogP contribution is -2.11. The molecule has 3 N–H and O–H groups in total. The number of nitrogens with one attached hydrogen (secondary N) is 1. The predicted octanol–water partition coefficient (Wildman–Crippen LogP) is 6.56. The molecule has 24 heavy (non-hydrogen) atoms. The average Bonchev–Trinajstić information content (AvgIpc) is 2.56. The van der Waals surface area contributed by atoms with Crippen LogP contribution in [0, 0.1) is 0 Å². The molecule has 0 atom stereocenters. The summed E-state index contributed by atoms with van der Waals surface area (Å²) in [5.74, 6) is 0.0479. The van der Waals surface area contributed by atoms with Crippen LogP contribution < -0.4 is 11.1 Å². The highest BCUT2D eigenvalue weighted by Crippen LogP contribution is 2.22. The minimum atomic E-state index is 0.0479. The summed E-state index contributed by atoms with van der Waals surface area (Å²) in [6.07, 6.45) is 14.7. The maximum atomic E-state index is 11.9. The van der Waals surface area contributed by atoms with Gasteiger partial charge < -0.3 is 11.1 Å². The van der Waals surface area contributed by atoms with Crippen LogP contribution in [-0.2, 0) is 4.79 Å². The van der Waals surface area contributed by atoms with Crippen LogP contribution in [0.3, 0.4) is 0 Å². The first-order chi connectivity index (χ1) is 11.6. The quantitative estimate of drug-likeness (QED) is 0.312. The number of hydrogen-bond acceptors (Lipinski definition) is 2. The van der Waals surface area contributed by atoms with E-state index in [1.165, 1.54) is 57.8 Å². The van der Waals surface area contributed by atoms with Crippen molar-refractivity contribution in [3.63, 3.8) is 0 Å². The Morgan fingerprint density at radius 3 is 2.04 bits per heavy atom. The molecule has 4 heteroatoms. The third kappa shape index (κ3) is 9.82. The van der Waals surface area contributed by atoms with E-state index in [0.717, 1.165) is 12.8 Å². The molecule has 1 amide bonds. The van der Waals surface area contributed by atoms with Gasteiger partial charge in [0.2, 0.25) is 5.91 Å². The molecule has 3 nitrogen and oxygen atoms in total. The number of nitrogens with two attached hydrogens (primary N) is 1. The molecule has 1 aromatic carbocycles. The van der Waals surface area contributed by atoms with Crippen molar-refractivity contribution in [1.82, 2.24) is 0 Å². The number of halogens is 1. The van der Waals surface area contributed by atoms with Crippen LogP contribution >= 0.6 is 11.6 Å². The zero-order valence-electron chi connectivity index (χ0n) is 15.1. The van der Waals surface area contributed by atoms with Gasteiger partial charge in [-0.2, -0.15) is 0 Å². The van der Waals surface area contributed by atoms with Crippen LogP contribution in [0.1, 0.15) is 84.0 Å².